The summed E-state index contributed by atoms with van der Waals surface area (Å²) in [5.74, 6) is -0.182. The molecule has 1 aromatic rings. The zero-order valence-corrected chi connectivity index (χ0v) is 8.18. The summed E-state index contributed by atoms with van der Waals surface area (Å²) in [5, 5.41) is 18.0. The van der Waals surface area contributed by atoms with Crippen LogP contribution in [0.25, 0.3) is 0 Å². The van der Waals surface area contributed by atoms with Crippen molar-refractivity contribution in [1.82, 2.24) is 4.98 Å². The molecule has 0 aliphatic heterocycles. The van der Waals surface area contributed by atoms with E-state index in [4.69, 9.17) is 10.1 Å². The van der Waals surface area contributed by atoms with Crippen LogP contribution in [-0.4, -0.2) is 30.0 Å². The maximum absolute atomic E-state index is 10.6. The first-order chi connectivity index (χ1) is 7.10. The van der Waals surface area contributed by atoms with Crippen molar-refractivity contribution in [2.45, 2.75) is 0 Å². The fourth-order valence-electron chi connectivity index (χ4n) is 0.959. The molecule has 0 spiro atoms. The van der Waals surface area contributed by atoms with Gasteiger partial charge >= 0.3 is 5.69 Å². The Morgan fingerprint density at radius 3 is 2.67 bits per heavy atom. The third kappa shape index (κ3) is 2.19. The van der Waals surface area contributed by atoms with Gasteiger partial charge in [-0.05, 0) is 0 Å². The lowest BCUT2D eigenvalue weighted by molar-refractivity contribution is -0.385. The van der Waals surface area contributed by atoms with Crippen molar-refractivity contribution in [2.24, 2.45) is 0 Å². The first kappa shape index (κ1) is 10.9. The summed E-state index contributed by atoms with van der Waals surface area (Å²) in [4.78, 5) is 13.8. The van der Waals surface area contributed by atoms with Crippen LogP contribution in [0.5, 0.6) is 5.88 Å². The van der Waals surface area contributed by atoms with Crippen LogP contribution in [0.1, 0.15) is 5.69 Å². The lowest BCUT2D eigenvalue weighted by Gasteiger charge is -2.04. The van der Waals surface area contributed by atoms with Gasteiger partial charge in [-0.25, -0.2) is 4.98 Å². The number of hydrogen-bond donors (Lipinski definition) is 1. The standard InChI is InChI=1S/C8H9N3O4/c1-14-6-4-3-5(11(12)13)7(10-6)8(9)15-2/h3-4,9H,1-2H3. The number of nitro groups is 1. The summed E-state index contributed by atoms with van der Waals surface area (Å²) in [7, 11) is 2.63. The van der Waals surface area contributed by atoms with Gasteiger partial charge in [0.15, 0.2) is 0 Å². The molecule has 7 heteroatoms. The van der Waals surface area contributed by atoms with Gasteiger partial charge in [-0.15, -0.1) is 0 Å². The van der Waals surface area contributed by atoms with Gasteiger partial charge in [0.2, 0.25) is 17.5 Å². The topological polar surface area (TPSA) is 98.3 Å². The number of aromatic nitrogens is 1. The van der Waals surface area contributed by atoms with Crippen molar-refractivity contribution >= 4 is 11.6 Å². The molecule has 0 fully saturated rings. The van der Waals surface area contributed by atoms with Crippen LogP contribution in [0.2, 0.25) is 0 Å². The van der Waals surface area contributed by atoms with E-state index in [0.717, 1.165) is 0 Å². The smallest absolute Gasteiger partial charge is 0.300 e. The minimum atomic E-state index is -0.630. The monoisotopic (exact) mass is 211 g/mol. The Kier molecular flexibility index (Phi) is 3.17. The molecule has 0 atom stereocenters. The maximum atomic E-state index is 10.6. The fraction of sp³-hybridized carbons (Fsp3) is 0.250. The molecule has 1 heterocycles. The van der Waals surface area contributed by atoms with Gasteiger partial charge < -0.3 is 9.47 Å². The predicted octanol–water partition coefficient (Wildman–Crippen LogP) is 0.970. The molecule has 15 heavy (non-hydrogen) atoms. The molecule has 0 aromatic carbocycles. The van der Waals surface area contributed by atoms with E-state index in [-0.39, 0.29) is 23.2 Å². The van der Waals surface area contributed by atoms with Gasteiger partial charge in [0.25, 0.3) is 0 Å². The van der Waals surface area contributed by atoms with Crippen LogP contribution in [0.4, 0.5) is 5.69 Å². The molecule has 0 aliphatic rings. The lowest BCUT2D eigenvalue weighted by atomic mass is 10.3. The molecule has 0 saturated heterocycles. The predicted molar refractivity (Wildman–Crippen MR) is 51.3 cm³/mol. The molecule has 7 nitrogen and oxygen atoms in total. The highest BCUT2D eigenvalue weighted by atomic mass is 16.6. The van der Waals surface area contributed by atoms with Gasteiger partial charge in [0.05, 0.1) is 19.1 Å². The third-order valence-corrected chi connectivity index (χ3v) is 1.67. The summed E-state index contributed by atoms with van der Waals surface area (Å²) >= 11 is 0. The van der Waals surface area contributed by atoms with Gasteiger partial charge in [-0.3, -0.25) is 15.5 Å². The molecule has 0 aliphatic carbocycles. The van der Waals surface area contributed by atoms with Crippen molar-refractivity contribution in [1.29, 1.82) is 5.41 Å². The second-order valence-electron chi connectivity index (χ2n) is 2.51. The normalized spacial score (nSPS) is 9.47. The number of nitrogens with zero attached hydrogens (tertiary/aromatic N) is 2. The van der Waals surface area contributed by atoms with Crippen LogP contribution >= 0.6 is 0 Å². The molecular formula is C8H9N3O4. The number of ether oxygens (including phenoxy) is 2. The molecule has 0 amide bonds. The first-order valence-electron chi connectivity index (χ1n) is 3.92. The second-order valence-corrected chi connectivity index (χ2v) is 2.51. The zero-order valence-electron chi connectivity index (χ0n) is 8.18. The van der Waals surface area contributed by atoms with E-state index >= 15 is 0 Å². The summed E-state index contributed by atoms with van der Waals surface area (Å²) in [6.07, 6.45) is 0. The Balaban J connectivity index is 3.28. The lowest BCUT2D eigenvalue weighted by Crippen LogP contribution is -2.09. The van der Waals surface area contributed by atoms with Crippen LogP contribution in [0.3, 0.4) is 0 Å². The molecule has 80 valence electrons. The van der Waals surface area contributed by atoms with Crippen molar-refractivity contribution in [3.05, 3.63) is 27.9 Å². The molecule has 0 unspecified atom stereocenters. The van der Waals surface area contributed by atoms with Crippen molar-refractivity contribution in [3.63, 3.8) is 0 Å². The highest BCUT2D eigenvalue weighted by molar-refractivity contribution is 5.93. The van der Waals surface area contributed by atoms with Crippen molar-refractivity contribution < 1.29 is 14.4 Å². The van der Waals surface area contributed by atoms with E-state index in [1.54, 1.807) is 0 Å². The fourth-order valence-corrected chi connectivity index (χ4v) is 0.959. The Morgan fingerprint density at radius 1 is 1.53 bits per heavy atom. The summed E-state index contributed by atoms with van der Waals surface area (Å²) in [6, 6.07) is 2.57. The summed E-state index contributed by atoms with van der Waals surface area (Å²) < 4.78 is 9.39. The molecule has 1 rings (SSSR count). The Bertz CT molecular complexity index is 405. The molecule has 0 radical (unpaired) electrons. The zero-order chi connectivity index (χ0) is 11.4. The van der Waals surface area contributed by atoms with E-state index in [2.05, 4.69) is 9.72 Å². The number of methoxy groups -OCH3 is 2. The average molecular weight is 211 g/mol. The first-order valence-corrected chi connectivity index (χ1v) is 3.92. The highest BCUT2D eigenvalue weighted by Gasteiger charge is 2.20. The van der Waals surface area contributed by atoms with Crippen LogP contribution in [0.15, 0.2) is 12.1 Å². The summed E-state index contributed by atoms with van der Waals surface area (Å²) in [6.45, 7) is 0. The molecule has 0 saturated carbocycles. The van der Waals surface area contributed by atoms with Crippen LogP contribution in [0, 0.1) is 15.5 Å². The Labute approximate surface area is 85.3 Å². The van der Waals surface area contributed by atoms with Crippen molar-refractivity contribution in [3.8, 4) is 5.88 Å². The average Bonchev–Trinajstić information content (AvgIpc) is 2.26. The van der Waals surface area contributed by atoms with E-state index in [9.17, 15) is 10.1 Å². The van der Waals surface area contributed by atoms with E-state index in [1.807, 2.05) is 0 Å². The maximum Gasteiger partial charge on any atom is 0.300 e. The SMILES string of the molecule is COC(=N)c1nc(OC)ccc1[N+](=O)[O-]. The van der Waals surface area contributed by atoms with E-state index in [1.165, 1.54) is 26.4 Å². The number of pyridine rings is 1. The quantitative estimate of drug-likeness (QED) is 0.347. The van der Waals surface area contributed by atoms with Crippen LogP contribution < -0.4 is 4.74 Å². The second kappa shape index (κ2) is 4.36. The largest absolute Gasteiger partial charge is 0.481 e. The molecular weight excluding hydrogens is 202 g/mol. The van der Waals surface area contributed by atoms with Crippen LogP contribution in [-0.2, 0) is 4.74 Å². The molecule has 0 bridgehead atoms. The Morgan fingerprint density at radius 2 is 2.20 bits per heavy atom. The number of nitrogens with one attached hydrogen (secondary N) is 1. The molecule has 1 N–H and O–H groups in total. The van der Waals surface area contributed by atoms with Gasteiger partial charge in [0.1, 0.15) is 0 Å². The van der Waals surface area contributed by atoms with Gasteiger partial charge in [-0.2, -0.15) is 0 Å². The third-order valence-electron chi connectivity index (χ3n) is 1.67. The van der Waals surface area contributed by atoms with E-state index < -0.39 is 4.92 Å². The Hall–Kier alpha value is -2.18. The number of hydrogen-bond acceptors (Lipinski definition) is 6. The van der Waals surface area contributed by atoms with Crippen molar-refractivity contribution in [2.75, 3.05) is 14.2 Å². The summed E-state index contributed by atoms with van der Waals surface area (Å²) in [5.41, 5.74) is -0.440. The van der Waals surface area contributed by atoms with Gasteiger partial charge in [-0.1, -0.05) is 0 Å². The highest BCUT2D eigenvalue weighted by Crippen LogP contribution is 2.20. The minimum Gasteiger partial charge on any atom is -0.481 e. The molecule has 1 aromatic heterocycles. The van der Waals surface area contributed by atoms with Gasteiger partial charge in [0, 0.05) is 12.1 Å². The minimum absolute atomic E-state index is 0.151. The van der Waals surface area contributed by atoms with E-state index in [0.29, 0.717) is 0 Å². The number of rotatable bonds is 3.